The van der Waals surface area contributed by atoms with Gasteiger partial charge in [0.05, 0.1) is 5.69 Å². The van der Waals surface area contributed by atoms with Crippen LogP contribution in [0.25, 0.3) is 11.4 Å². The third-order valence-corrected chi connectivity index (χ3v) is 3.66. The van der Waals surface area contributed by atoms with E-state index in [1.54, 1.807) is 12.4 Å². The fourth-order valence-corrected chi connectivity index (χ4v) is 2.57. The molecule has 108 valence electrons. The highest BCUT2D eigenvalue weighted by Gasteiger charge is 2.22. The maximum absolute atomic E-state index is 11.5. The van der Waals surface area contributed by atoms with E-state index in [0.29, 0.717) is 17.9 Å². The summed E-state index contributed by atoms with van der Waals surface area (Å²) in [7, 11) is 0. The molecule has 2 N–H and O–H groups in total. The summed E-state index contributed by atoms with van der Waals surface area (Å²) in [6, 6.07) is 1.84. The summed E-state index contributed by atoms with van der Waals surface area (Å²) in [5.74, 6) is -0.530. The fraction of sp³-hybridized carbons (Fsp3) is 0.333. The monoisotopic (exact) mass is 284 g/mol. The summed E-state index contributed by atoms with van der Waals surface area (Å²) in [6.07, 6.45) is 4.98. The molecule has 1 aliphatic rings. The van der Waals surface area contributed by atoms with Crippen molar-refractivity contribution >= 4 is 5.97 Å². The molecule has 3 heterocycles. The van der Waals surface area contributed by atoms with Crippen LogP contribution in [0, 0.1) is 0 Å². The van der Waals surface area contributed by atoms with Gasteiger partial charge in [-0.25, -0.2) is 14.8 Å². The Kier molecular flexibility index (Phi) is 3.62. The van der Waals surface area contributed by atoms with Crippen molar-refractivity contribution in [2.24, 2.45) is 0 Å². The molecule has 0 radical (unpaired) electrons. The Morgan fingerprint density at radius 3 is 3.05 bits per heavy atom. The standard InChI is InChI=1S/C15H16N4O2/c1-2-9-7-16-5-3-10(9)14-18-12-4-6-17-8-11(12)13(19-14)15(20)21/h3,5,7,17H,2,4,6,8H2,1H3,(H,20,21). The van der Waals surface area contributed by atoms with Gasteiger partial charge in [0.2, 0.25) is 0 Å². The molecule has 2 aromatic rings. The number of nitrogens with one attached hydrogen (secondary N) is 1. The van der Waals surface area contributed by atoms with Crippen molar-refractivity contribution in [2.45, 2.75) is 26.3 Å². The number of carbonyl (C=O) groups is 1. The summed E-state index contributed by atoms with van der Waals surface area (Å²) in [5, 5.41) is 12.6. The minimum atomic E-state index is -1.01. The van der Waals surface area contributed by atoms with Crippen molar-refractivity contribution < 1.29 is 9.90 Å². The first-order valence-electron chi connectivity index (χ1n) is 6.97. The van der Waals surface area contributed by atoms with Crippen molar-refractivity contribution in [3.05, 3.63) is 41.0 Å². The number of pyridine rings is 1. The molecule has 2 aromatic heterocycles. The lowest BCUT2D eigenvalue weighted by Gasteiger charge is -2.19. The van der Waals surface area contributed by atoms with Crippen molar-refractivity contribution in [1.29, 1.82) is 0 Å². The Morgan fingerprint density at radius 1 is 1.43 bits per heavy atom. The molecular formula is C15H16N4O2. The molecule has 6 heteroatoms. The van der Waals surface area contributed by atoms with E-state index < -0.39 is 5.97 Å². The topological polar surface area (TPSA) is 88.0 Å². The lowest BCUT2D eigenvalue weighted by molar-refractivity contribution is 0.0688. The van der Waals surface area contributed by atoms with Gasteiger partial charge in [-0.2, -0.15) is 0 Å². The number of carboxylic acids is 1. The quantitative estimate of drug-likeness (QED) is 0.886. The van der Waals surface area contributed by atoms with Crippen LogP contribution in [0.3, 0.4) is 0 Å². The summed E-state index contributed by atoms with van der Waals surface area (Å²) in [4.78, 5) is 24.5. The SMILES string of the molecule is CCc1cnccc1-c1nc2c(c(C(=O)O)n1)CNCC2. The molecule has 0 fully saturated rings. The summed E-state index contributed by atoms with van der Waals surface area (Å²) < 4.78 is 0. The Bertz CT molecular complexity index is 700. The average molecular weight is 284 g/mol. The van der Waals surface area contributed by atoms with E-state index in [0.717, 1.165) is 36.2 Å². The molecule has 0 bridgehead atoms. The van der Waals surface area contributed by atoms with Crippen molar-refractivity contribution in [3.63, 3.8) is 0 Å². The Morgan fingerprint density at radius 2 is 2.29 bits per heavy atom. The zero-order valence-electron chi connectivity index (χ0n) is 11.8. The molecule has 0 amide bonds. The molecule has 6 nitrogen and oxygen atoms in total. The first-order valence-corrected chi connectivity index (χ1v) is 6.97. The first-order chi connectivity index (χ1) is 10.2. The van der Waals surface area contributed by atoms with E-state index in [4.69, 9.17) is 0 Å². The number of nitrogens with zero attached hydrogens (tertiary/aromatic N) is 3. The van der Waals surface area contributed by atoms with Crippen molar-refractivity contribution in [3.8, 4) is 11.4 Å². The number of carboxylic acid groups (broad SMARTS) is 1. The smallest absolute Gasteiger partial charge is 0.354 e. The molecule has 0 aromatic carbocycles. The maximum atomic E-state index is 11.5. The first kappa shape index (κ1) is 13.6. The molecule has 1 aliphatic heterocycles. The van der Waals surface area contributed by atoms with Gasteiger partial charge >= 0.3 is 5.97 Å². The molecule has 0 aliphatic carbocycles. The van der Waals surface area contributed by atoms with Crippen LogP contribution in [0.1, 0.15) is 34.2 Å². The molecule has 21 heavy (non-hydrogen) atoms. The third-order valence-electron chi connectivity index (χ3n) is 3.66. The van der Waals surface area contributed by atoms with Gasteiger partial charge < -0.3 is 10.4 Å². The number of aromatic carboxylic acids is 1. The summed E-state index contributed by atoms with van der Waals surface area (Å²) in [6.45, 7) is 3.34. The Hall–Kier alpha value is -2.34. The van der Waals surface area contributed by atoms with Crippen LogP contribution < -0.4 is 5.32 Å². The van der Waals surface area contributed by atoms with E-state index >= 15 is 0 Å². The van der Waals surface area contributed by atoms with Gasteiger partial charge in [-0.3, -0.25) is 4.98 Å². The minimum absolute atomic E-state index is 0.0982. The molecule has 3 rings (SSSR count). The highest BCUT2D eigenvalue weighted by molar-refractivity contribution is 5.88. The highest BCUT2D eigenvalue weighted by atomic mass is 16.4. The normalized spacial score (nSPS) is 13.8. The largest absolute Gasteiger partial charge is 0.476 e. The lowest BCUT2D eigenvalue weighted by atomic mass is 10.0. The van der Waals surface area contributed by atoms with Gasteiger partial charge in [-0.05, 0) is 18.1 Å². The van der Waals surface area contributed by atoms with E-state index in [2.05, 4.69) is 20.3 Å². The highest BCUT2D eigenvalue weighted by Crippen LogP contribution is 2.24. The fourth-order valence-electron chi connectivity index (χ4n) is 2.57. The zero-order chi connectivity index (χ0) is 14.8. The second-order valence-electron chi connectivity index (χ2n) is 4.94. The van der Waals surface area contributed by atoms with Gasteiger partial charge in [-0.1, -0.05) is 6.92 Å². The van der Waals surface area contributed by atoms with Gasteiger partial charge in [0.1, 0.15) is 0 Å². The second-order valence-corrected chi connectivity index (χ2v) is 4.94. The van der Waals surface area contributed by atoms with Crippen molar-refractivity contribution in [2.75, 3.05) is 6.54 Å². The predicted octanol–water partition coefficient (Wildman–Crippen LogP) is 1.44. The van der Waals surface area contributed by atoms with Crippen LogP contribution in [0.2, 0.25) is 0 Å². The summed E-state index contributed by atoms with van der Waals surface area (Å²) >= 11 is 0. The third kappa shape index (κ3) is 2.50. The number of aryl methyl sites for hydroxylation is 1. The van der Waals surface area contributed by atoms with Crippen LogP contribution in [-0.2, 0) is 19.4 Å². The molecule has 0 spiro atoms. The molecule has 0 unspecified atom stereocenters. The molecule has 0 atom stereocenters. The molecule has 0 saturated heterocycles. The number of hydrogen-bond acceptors (Lipinski definition) is 5. The van der Waals surface area contributed by atoms with Crippen LogP contribution in [0.4, 0.5) is 0 Å². The number of aromatic nitrogens is 3. The van der Waals surface area contributed by atoms with Gasteiger partial charge in [-0.15, -0.1) is 0 Å². The van der Waals surface area contributed by atoms with E-state index in [-0.39, 0.29) is 5.69 Å². The van der Waals surface area contributed by atoms with Gasteiger partial charge in [0.25, 0.3) is 0 Å². The maximum Gasteiger partial charge on any atom is 0.354 e. The average Bonchev–Trinajstić information content (AvgIpc) is 2.53. The number of hydrogen-bond donors (Lipinski definition) is 2. The predicted molar refractivity (Wildman–Crippen MR) is 77.0 cm³/mol. The number of rotatable bonds is 3. The van der Waals surface area contributed by atoms with E-state index in [9.17, 15) is 9.90 Å². The number of fused-ring (bicyclic) bond motifs is 1. The molecule has 0 saturated carbocycles. The lowest BCUT2D eigenvalue weighted by Crippen LogP contribution is -2.28. The van der Waals surface area contributed by atoms with E-state index in [1.165, 1.54) is 0 Å². The van der Waals surface area contributed by atoms with Crippen molar-refractivity contribution in [1.82, 2.24) is 20.3 Å². The van der Waals surface area contributed by atoms with Crippen LogP contribution >= 0.6 is 0 Å². The van der Waals surface area contributed by atoms with Crippen LogP contribution in [0.5, 0.6) is 0 Å². The Labute approximate surface area is 122 Å². The second kappa shape index (κ2) is 5.57. The van der Waals surface area contributed by atoms with Gasteiger partial charge in [0.15, 0.2) is 11.5 Å². The Balaban J connectivity index is 2.20. The van der Waals surface area contributed by atoms with Crippen LogP contribution in [0.15, 0.2) is 18.5 Å². The summed E-state index contributed by atoms with van der Waals surface area (Å²) in [5.41, 5.74) is 3.50. The zero-order valence-corrected chi connectivity index (χ0v) is 11.8. The van der Waals surface area contributed by atoms with Gasteiger partial charge in [0, 0.05) is 43.0 Å². The minimum Gasteiger partial charge on any atom is -0.476 e. The van der Waals surface area contributed by atoms with E-state index in [1.807, 2.05) is 13.0 Å². The van der Waals surface area contributed by atoms with Crippen LogP contribution in [-0.4, -0.2) is 32.6 Å². The molecular weight excluding hydrogens is 268 g/mol.